The largest absolute Gasteiger partial charge is 0.363 e. The molecule has 42 heavy (non-hydrogen) atoms. The highest BCUT2D eigenvalue weighted by Gasteiger charge is 2.70. The van der Waals surface area contributed by atoms with Gasteiger partial charge >= 0.3 is 6.03 Å². The van der Waals surface area contributed by atoms with Crippen molar-refractivity contribution >= 4 is 41.3 Å². The van der Waals surface area contributed by atoms with Crippen molar-refractivity contribution in [3.8, 4) is 0 Å². The second-order valence-electron chi connectivity index (χ2n) is 14.8. The minimum atomic E-state index is -1.07. The highest BCUT2D eigenvalue weighted by Crippen LogP contribution is 2.65. The lowest BCUT2D eigenvalue weighted by molar-refractivity contribution is -0.145. The Morgan fingerprint density at radius 2 is 1.67 bits per heavy atom. The number of rotatable bonds is 12. The van der Waals surface area contributed by atoms with Gasteiger partial charge in [0.1, 0.15) is 12.1 Å². The number of likely N-dealkylation sites (tertiary alicyclic amines) is 1. The van der Waals surface area contributed by atoms with Crippen molar-refractivity contribution in [2.45, 2.75) is 116 Å². The fourth-order valence-corrected chi connectivity index (χ4v) is 7.94. The molecule has 5 atom stereocenters. The zero-order valence-electron chi connectivity index (χ0n) is 26.2. The Morgan fingerprint density at radius 3 is 2.21 bits per heavy atom. The Kier molecular flexibility index (Phi) is 9.60. The van der Waals surface area contributed by atoms with Crippen molar-refractivity contribution in [2.24, 2.45) is 34.3 Å². The number of carbonyl (C=O) groups is 5. The zero-order valence-corrected chi connectivity index (χ0v) is 27.0. The summed E-state index contributed by atoms with van der Waals surface area (Å²) in [5.41, 5.74) is 4.27. The summed E-state index contributed by atoms with van der Waals surface area (Å²) in [5, 5.41) is 9.07. The predicted octanol–water partition coefficient (Wildman–Crippen LogP) is 2.98. The fraction of sp³-hybridized carbons (Fsp3) is 0.839. The van der Waals surface area contributed by atoms with E-state index >= 15 is 0 Å². The standard InChI is InChI=1S/C31H51N5O5S/c1-29(2,3)24(34-28(41)35-31(14-15-42-6)12-8-7-9-13-31)27(40)36-17-19-21(30(19,4)5)22(36)26(39)33-20(16-18-10-11-18)23(37)25(32)38/h18-22,24H,7-17H2,1-6H3,(H2,32,38)(H,33,39)(H2,34,35,41)/t19?,20?,21?,22-,24+/m0/s1. The van der Waals surface area contributed by atoms with E-state index in [-0.39, 0.29) is 40.6 Å². The van der Waals surface area contributed by atoms with Crippen LogP contribution in [0.15, 0.2) is 0 Å². The number of Topliss-reactive ketones (excluding diaryl/α,β-unsaturated/α-hetero) is 1. The van der Waals surface area contributed by atoms with Crippen LogP contribution in [0.1, 0.15) is 92.4 Å². The van der Waals surface area contributed by atoms with Gasteiger partial charge in [0.05, 0.1) is 6.04 Å². The van der Waals surface area contributed by atoms with Gasteiger partial charge in [-0.1, -0.05) is 66.7 Å². The van der Waals surface area contributed by atoms with Crippen molar-refractivity contribution in [1.29, 1.82) is 0 Å². The monoisotopic (exact) mass is 605 g/mol. The number of hydrogen-bond acceptors (Lipinski definition) is 6. The van der Waals surface area contributed by atoms with Gasteiger partial charge in [-0.05, 0) is 66.3 Å². The number of nitrogens with one attached hydrogen (secondary N) is 3. The molecule has 3 saturated carbocycles. The van der Waals surface area contributed by atoms with Gasteiger partial charge in [-0.15, -0.1) is 0 Å². The number of urea groups is 1. The molecule has 10 nitrogen and oxygen atoms in total. The molecule has 0 radical (unpaired) electrons. The molecule has 5 N–H and O–H groups in total. The lowest BCUT2D eigenvalue weighted by Gasteiger charge is -2.41. The van der Waals surface area contributed by atoms with Gasteiger partial charge in [0.15, 0.2) is 0 Å². The molecular formula is C31H51N5O5S. The molecule has 4 fully saturated rings. The Morgan fingerprint density at radius 1 is 1.02 bits per heavy atom. The molecule has 0 aromatic carbocycles. The van der Waals surface area contributed by atoms with Gasteiger partial charge in [-0.3, -0.25) is 19.2 Å². The number of piperidine rings is 1. The predicted molar refractivity (Wildman–Crippen MR) is 163 cm³/mol. The summed E-state index contributed by atoms with van der Waals surface area (Å²) >= 11 is 1.76. The third-order valence-electron chi connectivity index (χ3n) is 10.3. The lowest BCUT2D eigenvalue weighted by atomic mass is 9.79. The first-order valence-corrected chi connectivity index (χ1v) is 17.0. The van der Waals surface area contributed by atoms with Crippen LogP contribution in [0.3, 0.4) is 0 Å². The highest BCUT2D eigenvalue weighted by atomic mass is 32.2. The molecule has 3 aliphatic carbocycles. The van der Waals surface area contributed by atoms with E-state index in [4.69, 9.17) is 5.73 Å². The van der Waals surface area contributed by atoms with E-state index in [1.54, 1.807) is 16.7 Å². The minimum Gasteiger partial charge on any atom is -0.363 e. The summed E-state index contributed by atoms with van der Waals surface area (Å²) in [6, 6.07) is -2.99. The van der Waals surface area contributed by atoms with Crippen LogP contribution in [0.4, 0.5) is 4.79 Å². The quantitative estimate of drug-likeness (QED) is 0.251. The van der Waals surface area contributed by atoms with Crippen LogP contribution in [-0.2, 0) is 19.2 Å². The van der Waals surface area contributed by atoms with Crippen LogP contribution in [-0.4, -0.2) is 76.7 Å². The molecule has 5 amide bonds. The third-order valence-corrected chi connectivity index (χ3v) is 10.9. The second kappa shape index (κ2) is 12.4. The fourth-order valence-electron chi connectivity index (χ4n) is 7.35. The Hall–Kier alpha value is -2.30. The Balaban J connectivity index is 1.52. The first-order valence-electron chi connectivity index (χ1n) is 15.6. The van der Waals surface area contributed by atoms with Crippen molar-refractivity contribution in [3.63, 3.8) is 0 Å². The Labute approximate surface area is 254 Å². The second-order valence-corrected chi connectivity index (χ2v) is 15.8. The third kappa shape index (κ3) is 7.08. The van der Waals surface area contributed by atoms with E-state index < -0.39 is 41.1 Å². The lowest BCUT2D eigenvalue weighted by Crippen LogP contribution is -2.63. The molecule has 0 aromatic rings. The maximum absolute atomic E-state index is 14.2. The van der Waals surface area contributed by atoms with Gasteiger partial charge in [-0.2, -0.15) is 11.8 Å². The number of nitrogens with zero attached hydrogens (tertiary/aromatic N) is 1. The molecule has 11 heteroatoms. The molecule has 3 unspecified atom stereocenters. The number of primary amides is 1. The van der Waals surface area contributed by atoms with E-state index in [9.17, 15) is 24.0 Å². The summed E-state index contributed by atoms with van der Waals surface area (Å²) in [7, 11) is 0. The number of amides is 5. The van der Waals surface area contributed by atoms with E-state index in [0.29, 0.717) is 13.0 Å². The smallest absolute Gasteiger partial charge is 0.315 e. The van der Waals surface area contributed by atoms with Crippen molar-refractivity contribution in [3.05, 3.63) is 0 Å². The van der Waals surface area contributed by atoms with E-state index in [1.165, 1.54) is 0 Å². The average molecular weight is 606 g/mol. The Bertz CT molecular complexity index is 1080. The molecule has 0 spiro atoms. The van der Waals surface area contributed by atoms with Crippen LogP contribution in [0.5, 0.6) is 0 Å². The molecule has 1 aliphatic heterocycles. The number of nitrogens with two attached hydrogens (primary N) is 1. The summed E-state index contributed by atoms with van der Waals surface area (Å²) in [6.07, 6.45) is 10.4. The number of ketones is 1. The van der Waals surface area contributed by atoms with Gasteiger partial charge in [0.2, 0.25) is 17.6 Å². The number of carbonyl (C=O) groups excluding carboxylic acids is 5. The maximum Gasteiger partial charge on any atom is 0.315 e. The van der Waals surface area contributed by atoms with Crippen LogP contribution >= 0.6 is 11.8 Å². The topological polar surface area (TPSA) is 151 Å². The van der Waals surface area contributed by atoms with E-state index in [0.717, 1.165) is 57.1 Å². The molecule has 4 rings (SSSR count). The van der Waals surface area contributed by atoms with Crippen LogP contribution in [0.2, 0.25) is 0 Å². The summed E-state index contributed by atoms with van der Waals surface area (Å²) in [4.78, 5) is 67.4. The summed E-state index contributed by atoms with van der Waals surface area (Å²) < 4.78 is 0. The molecule has 4 aliphatic rings. The molecule has 1 heterocycles. The van der Waals surface area contributed by atoms with Crippen LogP contribution < -0.4 is 21.7 Å². The summed E-state index contributed by atoms with van der Waals surface area (Å²) in [5.74, 6) is -1.31. The van der Waals surface area contributed by atoms with Crippen molar-refractivity contribution < 1.29 is 24.0 Å². The number of hydrogen-bond donors (Lipinski definition) is 4. The summed E-state index contributed by atoms with van der Waals surface area (Å²) in [6.45, 7) is 10.3. The van der Waals surface area contributed by atoms with Gasteiger partial charge < -0.3 is 26.6 Å². The zero-order chi connectivity index (χ0) is 31.0. The van der Waals surface area contributed by atoms with Crippen molar-refractivity contribution in [2.75, 3.05) is 18.6 Å². The highest BCUT2D eigenvalue weighted by molar-refractivity contribution is 7.98. The van der Waals surface area contributed by atoms with E-state index in [2.05, 4.69) is 36.1 Å². The number of thioether (sulfide) groups is 1. The molecule has 1 saturated heterocycles. The molecule has 236 valence electrons. The van der Waals surface area contributed by atoms with Gasteiger partial charge in [-0.25, -0.2) is 4.79 Å². The molecule has 0 aromatic heterocycles. The maximum atomic E-state index is 14.2. The average Bonchev–Trinajstić information content (AvgIpc) is 3.76. The van der Waals surface area contributed by atoms with Gasteiger partial charge in [0.25, 0.3) is 5.91 Å². The SMILES string of the molecule is CSCCC1(NC(=O)N[C@H](C(=O)N2CC3C([C@H]2C(=O)NC(CC2CC2)C(=O)C(N)=O)C3(C)C)C(C)(C)C)CCCCC1. The van der Waals surface area contributed by atoms with E-state index in [1.807, 2.05) is 20.8 Å². The number of fused-ring (bicyclic) bond motifs is 1. The van der Waals surface area contributed by atoms with Gasteiger partial charge in [0, 0.05) is 12.1 Å². The minimum absolute atomic E-state index is 0.0711. The molecule has 0 bridgehead atoms. The normalized spacial score (nSPS) is 27.3. The first-order chi connectivity index (χ1) is 19.6. The first kappa shape index (κ1) is 32.6. The van der Waals surface area contributed by atoms with Crippen LogP contribution in [0.25, 0.3) is 0 Å². The van der Waals surface area contributed by atoms with Crippen molar-refractivity contribution in [1.82, 2.24) is 20.9 Å². The van der Waals surface area contributed by atoms with Crippen LogP contribution in [0, 0.1) is 28.6 Å². The molecular weight excluding hydrogens is 554 g/mol.